The number of carbonyl (C=O) groups excluding carboxylic acids is 2. The Kier molecular flexibility index (Phi) is 6.85. The van der Waals surface area contributed by atoms with E-state index in [1.165, 1.54) is 12.1 Å². The van der Waals surface area contributed by atoms with E-state index in [1.807, 2.05) is 0 Å². The van der Waals surface area contributed by atoms with Crippen LogP contribution in [0.3, 0.4) is 0 Å². The molecule has 144 valence electrons. The van der Waals surface area contributed by atoms with E-state index >= 15 is 0 Å². The van der Waals surface area contributed by atoms with Crippen molar-refractivity contribution >= 4 is 23.5 Å². The molecule has 27 heavy (non-hydrogen) atoms. The minimum atomic E-state index is -4.49. The van der Waals surface area contributed by atoms with Gasteiger partial charge in [-0.15, -0.1) is 0 Å². The van der Waals surface area contributed by atoms with Crippen LogP contribution in [0.1, 0.15) is 29.7 Å². The molecule has 1 atom stereocenters. The van der Waals surface area contributed by atoms with Crippen molar-refractivity contribution in [1.29, 1.82) is 0 Å². The smallest absolute Gasteiger partial charge is 0.416 e. The summed E-state index contributed by atoms with van der Waals surface area (Å²) in [6, 6.07) is 11.0. The monoisotopic (exact) mass is 399 g/mol. The number of benzene rings is 2. The van der Waals surface area contributed by atoms with Crippen molar-refractivity contribution in [3.8, 4) is 0 Å². The van der Waals surface area contributed by atoms with Crippen LogP contribution in [0, 0.1) is 0 Å². The van der Waals surface area contributed by atoms with Crippen LogP contribution in [0.25, 0.3) is 0 Å². The van der Waals surface area contributed by atoms with Crippen molar-refractivity contribution in [2.75, 3.05) is 6.61 Å². The number of esters is 1. The molecule has 0 aliphatic rings. The molecule has 0 bridgehead atoms. The van der Waals surface area contributed by atoms with Gasteiger partial charge in [0.2, 0.25) is 0 Å². The second-order valence-corrected chi connectivity index (χ2v) is 6.32. The predicted octanol–water partition coefficient (Wildman–Crippen LogP) is 4.32. The average molecular weight is 400 g/mol. The molecule has 1 N–H and O–H groups in total. The van der Waals surface area contributed by atoms with E-state index < -0.39 is 30.2 Å². The van der Waals surface area contributed by atoms with Gasteiger partial charge < -0.3 is 10.1 Å². The molecule has 0 saturated carbocycles. The van der Waals surface area contributed by atoms with Gasteiger partial charge >= 0.3 is 12.1 Å². The fraction of sp³-hybridized carbons (Fsp3) is 0.263. The molecule has 1 amide bonds. The van der Waals surface area contributed by atoms with Crippen LogP contribution < -0.4 is 5.32 Å². The van der Waals surface area contributed by atoms with Crippen LogP contribution in [0.2, 0.25) is 5.02 Å². The Balaban J connectivity index is 1.84. The number of ether oxygens (including phenoxy) is 1. The maximum atomic E-state index is 12.7. The third-order valence-corrected chi connectivity index (χ3v) is 3.93. The Hall–Kier alpha value is -2.54. The third kappa shape index (κ3) is 6.60. The third-order valence-electron chi connectivity index (χ3n) is 3.69. The highest BCUT2D eigenvalue weighted by molar-refractivity contribution is 6.30. The fourth-order valence-electron chi connectivity index (χ4n) is 2.36. The Morgan fingerprint density at radius 3 is 2.52 bits per heavy atom. The Bertz CT molecular complexity index is 824. The topological polar surface area (TPSA) is 55.4 Å². The summed E-state index contributed by atoms with van der Waals surface area (Å²) in [5, 5.41) is 3.18. The van der Waals surface area contributed by atoms with Crippen molar-refractivity contribution in [3.05, 3.63) is 70.2 Å². The number of hydrogen-bond acceptors (Lipinski definition) is 3. The maximum Gasteiger partial charge on any atom is 0.416 e. The number of rotatable bonds is 6. The SMILES string of the molecule is C[C@@H](NC(=O)COC(=O)Cc1cccc(C(F)(F)F)c1)c1cccc(Cl)c1. The van der Waals surface area contributed by atoms with E-state index in [9.17, 15) is 22.8 Å². The minimum absolute atomic E-state index is 0.155. The largest absolute Gasteiger partial charge is 0.455 e. The van der Waals surface area contributed by atoms with Gasteiger partial charge in [0.25, 0.3) is 5.91 Å². The highest BCUT2D eigenvalue weighted by atomic mass is 35.5. The molecule has 0 saturated heterocycles. The normalized spacial score (nSPS) is 12.3. The fourth-order valence-corrected chi connectivity index (χ4v) is 2.56. The summed E-state index contributed by atoms with van der Waals surface area (Å²) in [6.07, 6.45) is -4.85. The van der Waals surface area contributed by atoms with E-state index in [-0.39, 0.29) is 18.0 Å². The minimum Gasteiger partial charge on any atom is -0.455 e. The van der Waals surface area contributed by atoms with E-state index in [1.54, 1.807) is 31.2 Å². The first-order valence-electron chi connectivity index (χ1n) is 8.02. The lowest BCUT2D eigenvalue weighted by molar-refractivity contribution is -0.148. The number of carbonyl (C=O) groups is 2. The van der Waals surface area contributed by atoms with Gasteiger partial charge in [0.15, 0.2) is 6.61 Å². The summed E-state index contributed by atoms with van der Waals surface area (Å²) in [5.74, 6) is -1.32. The first-order valence-corrected chi connectivity index (χ1v) is 8.39. The van der Waals surface area contributed by atoms with Crippen LogP contribution in [0.5, 0.6) is 0 Å². The van der Waals surface area contributed by atoms with Crippen molar-refractivity contribution < 1.29 is 27.5 Å². The Morgan fingerprint density at radius 1 is 1.15 bits per heavy atom. The lowest BCUT2D eigenvalue weighted by Gasteiger charge is -2.14. The van der Waals surface area contributed by atoms with E-state index in [0.717, 1.165) is 17.7 Å². The van der Waals surface area contributed by atoms with Gasteiger partial charge in [-0.2, -0.15) is 13.2 Å². The van der Waals surface area contributed by atoms with Crippen LogP contribution in [-0.4, -0.2) is 18.5 Å². The first-order chi connectivity index (χ1) is 12.6. The molecule has 0 aliphatic heterocycles. The molecular weight excluding hydrogens is 383 g/mol. The van der Waals surface area contributed by atoms with Gasteiger partial charge in [0.05, 0.1) is 18.0 Å². The second-order valence-electron chi connectivity index (χ2n) is 5.88. The summed E-state index contributed by atoms with van der Waals surface area (Å²) in [7, 11) is 0. The van der Waals surface area contributed by atoms with Gasteiger partial charge in [0.1, 0.15) is 0 Å². The molecule has 2 rings (SSSR count). The molecule has 8 heteroatoms. The van der Waals surface area contributed by atoms with Crippen LogP contribution in [-0.2, 0) is 26.9 Å². The van der Waals surface area contributed by atoms with Gasteiger partial charge in [0, 0.05) is 5.02 Å². The summed E-state index contributed by atoms with van der Waals surface area (Å²) in [6.45, 7) is 1.22. The average Bonchev–Trinajstić information content (AvgIpc) is 2.59. The molecule has 0 heterocycles. The highest BCUT2D eigenvalue weighted by Gasteiger charge is 2.30. The standard InChI is InChI=1S/C19H17ClF3NO3/c1-12(14-5-3-7-16(20)10-14)24-17(25)11-27-18(26)9-13-4-2-6-15(8-13)19(21,22)23/h2-8,10,12H,9,11H2,1H3,(H,24,25)/t12-/m1/s1. The maximum absolute atomic E-state index is 12.7. The number of amides is 1. The Labute approximate surface area is 159 Å². The van der Waals surface area contributed by atoms with Crippen molar-refractivity contribution in [3.63, 3.8) is 0 Å². The van der Waals surface area contributed by atoms with Gasteiger partial charge in [-0.25, -0.2) is 0 Å². The lowest BCUT2D eigenvalue weighted by Crippen LogP contribution is -2.31. The summed E-state index contributed by atoms with van der Waals surface area (Å²) in [5.41, 5.74) is 0.0922. The van der Waals surface area contributed by atoms with Gasteiger partial charge in [-0.1, -0.05) is 41.9 Å². The van der Waals surface area contributed by atoms with E-state index in [0.29, 0.717) is 5.02 Å². The van der Waals surface area contributed by atoms with Crippen LogP contribution in [0.4, 0.5) is 13.2 Å². The zero-order valence-corrected chi connectivity index (χ0v) is 15.1. The Morgan fingerprint density at radius 2 is 1.85 bits per heavy atom. The predicted molar refractivity (Wildman–Crippen MR) is 94.1 cm³/mol. The zero-order chi connectivity index (χ0) is 20.0. The van der Waals surface area contributed by atoms with Crippen LogP contribution in [0.15, 0.2) is 48.5 Å². The molecule has 4 nitrogen and oxygen atoms in total. The number of halogens is 4. The summed E-state index contributed by atoms with van der Waals surface area (Å²) < 4.78 is 42.8. The van der Waals surface area contributed by atoms with Gasteiger partial charge in [-0.3, -0.25) is 9.59 Å². The molecule has 0 radical (unpaired) electrons. The summed E-state index contributed by atoms with van der Waals surface area (Å²) >= 11 is 5.89. The van der Waals surface area contributed by atoms with Crippen molar-refractivity contribution in [2.45, 2.75) is 25.6 Å². The van der Waals surface area contributed by atoms with E-state index in [4.69, 9.17) is 16.3 Å². The number of alkyl halides is 3. The zero-order valence-electron chi connectivity index (χ0n) is 14.3. The molecular formula is C19H17ClF3NO3. The molecule has 0 aromatic heterocycles. The quantitative estimate of drug-likeness (QED) is 0.736. The second kappa shape index (κ2) is 8.90. The van der Waals surface area contributed by atoms with Gasteiger partial charge in [-0.05, 0) is 36.2 Å². The molecule has 0 fully saturated rings. The van der Waals surface area contributed by atoms with Crippen molar-refractivity contribution in [2.24, 2.45) is 0 Å². The molecule has 0 aliphatic carbocycles. The lowest BCUT2D eigenvalue weighted by atomic mass is 10.1. The number of nitrogens with one attached hydrogen (secondary N) is 1. The molecule has 2 aromatic rings. The first kappa shape index (κ1) is 20.8. The van der Waals surface area contributed by atoms with E-state index in [2.05, 4.69) is 5.32 Å². The van der Waals surface area contributed by atoms with Crippen molar-refractivity contribution in [1.82, 2.24) is 5.32 Å². The molecule has 0 spiro atoms. The number of hydrogen-bond donors (Lipinski definition) is 1. The summed E-state index contributed by atoms with van der Waals surface area (Å²) in [4.78, 5) is 23.7. The van der Waals surface area contributed by atoms with Crippen LogP contribution >= 0.6 is 11.6 Å². The molecule has 0 unspecified atom stereocenters. The molecule has 2 aromatic carbocycles. The highest BCUT2D eigenvalue weighted by Crippen LogP contribution is 2.29.